The average molecular weight is 179 g/mol. The van der Waals surface area contributed by atoms with Gasteiger partial charge in [-0.05, 0) is 31.5 Å². The third-order valence-electron chi connectivity index (χ3n) is 2.12. The first-order valence-electron chi connectivity index (χ1n) is 4.64. The van der Waals surface area contributed by atoms with Gasteiger partial charge in [0.05, 0.1) is 0 Å². The van der Waals surface area contributed by atoms with Crippen LogP contribution in [0.1, 0.15) is 12.5 Å². The summed E-state index contributed by atoms with van der Waals surface area (Å²) in [5.41, 5.74) is 6.76. The van der Waals surface area contributed by atoms with Crippen LogP contribution in [-0.4, -0.2) is 25.1 Å². The Labute approximate surface area is 79.6 Å². The van der Waals surface area contributed by atoms with Gasteiger partial charge in [-0.15, -0.1) is 0 Å². The zero-order chi connectivity index (χ0) is 9.68. The van der Waals surface area contributed by atoms with Crippen molar-refractivity contribution in [1.29, 1.82) is 0 Å². The molecular weight excluding hydrogens is 162 g/mol. The highest BCUT2D eigenvalue weighted by Crippen LogP contribution is 2.15. The molecule has 1 aromatic heterocycles. The third-order valence-corrected chi connectivity index (χ3v) is 2.12. The number of pyridine rings is 1. The number of nitrogens with zero attached hydrogens (tertiary/aromatic N) is 2. The molecule has 0 saturated carbocycles. The van der Waals surface area contributed by atoms with E-state index in [0.717, 1.165) is 18.8 Å². The van der Waals surface area contributed by atoms with Crippen molar-refractivity contribution < 1.29 is 0 Å². The van der Waals surface area contributed by atoms with Gasteiger partial charge in [-0.3, -0.25) is 0 Å². The molecule has 0 unspecified atom stereocenters. The van der Waals surface area contributed by atoms with Crippen molar-refractivity contribution in [2.24, 2.45) is 5.73 Å². The molecule has 0 aliphatic heterocycles. The Kier molecular flexibility index (Phi) is 3.71. The van der Waals surface area contributed by atoms with Crippen molar-refractivity contribution in [3.05, 3.63) is 23.9 Å². The summed E-state index contributed by atoms with van der Waals surface area (Å²) in [6.07, 6.45) is 2.72. The smallest absolute Gasteiger partial charge is 0.131 e. The van der Waals surface area contributed by atoms with Crippen molar-refractivity contribution in [1.82, 2.24) is 4.98 Å². The topological polar surface area (TPSA) is 42.2 Å². The normalized spacial score (nSPS) is 10.1. The molecule has 0 atom stereocenters. The minimum atomic E-state index is 0.677. The fourth-order valence-electron chi connectivity index (χ4n) is 1.27. The van der Waals surface area contributed by atoms with Crippen LogP contribution in [0.15, 0.2) is 18.3 Å². The van der Waals surface area contributed by atoms with Crippen LogP contribution in [0.4, 0.5) is 5.82 Å². The highest BCUT2D eigenvalue weighted by atomic mass is 15.2. The summed E-state index contributed by atoms with van der Waals surface area (Å²) in [6, 6.07) is 4.04. The number of nitrogens with two attached hydrogens (primary N) is 1. The molecule has 3 nitrogen and oxygen atoms in total. The van der Waals surface area contributed by atoms with Gasteiger partial charge in [-0.2, -0.15) is 0 Å². The van der Waals surface area contributed by atoms with Gasteiger partial charge < -0.3 is 10.6 Å². The lowest BCUT2D eigenvalue weighted by molar-refractivity contribution is 0.893. The fraction of sp³-hybridized carbons (Fsp3) is 0.500. The number of anilines is 1. The molecule has 0 aromatic carbocycles. The van der Waals surface area contributed by atoms with Crippen molar-refractivity contribution in [3.8, 4) is 0 Å². The van der Waals surface area contributed by atoms with Crippen molar-refractivity contribution >= 4 is 5.82 Å². The lowest BCUT2D eigenvalue weighted by Gasteiger charge is -2.18. The van der Waals surface area contributed by atoms with Gasteiger partial charge in [0.25, 0.3) is 0 Å². The van der Waals surface area contributed by atoms with E-state index in [4.69, 9.17) is 5.73 Å². The minimum absolute atomic E-state index is 0.677. The first-order chi connectivity index (χ1) is 6.29. The van der Waals surface area contributed by atoms with E-state index in [-0.39, 0.29) is 0 Å². The third kappa shape index (κ3) is 2.42. The average Bonchev–Trinajstić information content (AvgIpc) is 2.18. The van der Waals surface area contributed by atoms with E-state index in [2.05, 4.69) is 22.9 Å². The molecule has 1 rings (SSSR count). The van der Waals surface area contributed by atoms with E-state index >= 15 is 0 Å². The van der Waals surface area contributed by atoms with Crippen LogP contribution in [0.3, 0.4) is 0 Å². The van der Waals surface area contributed by atoms with Crippen molar-refractivity contribution in [2.45, 2.75) is 13.3 Å². The van der Waals surface area contributed by atoms with Gasteiger partial charge in [0, 0.05) is 19.8 Å². The summed E-state index contributed by atoms with van der Waals surface area (Å²) in [5, 5.41) is 0. The Morgan fingerprint density at radius 1 is 1.54 bits per heavy atom. The van der Waals surface area contributed by atoms with E-state index in [1.165, 1.54) is 5.56 Å². The molecule has 0 bridgehead atoms. The lowest BCUT2D eigenvalue weighted by atomic mass is 10.2. The maximum absolute atomic E-state index is 5.52. The van der Waals surface area contributed by atoms with Crippen molar-refractivity contribution in [3.63, 3.8) is 0 Å². The molecule has 0 amide bonds. The highest BCUT2D eigenvalue weighted by molar-refractivity contribution is 5.45. The van der Waals surface area contributed by atoms with Gasteiger partial charge in [-0.1, -0.05) is 6.07 Å². The van der Waals surface area contributed by atoms with Gasteiger partial charge in [0.15, 0.2) is 0 Å². The standard InChI is InChI=1S/C10H17N3/c1-3-13(2)10-9(6-7-11)5-4-8-12-10/h4-5,8H,3,6-7,11H2,1-2H3. The fourth-order valence-corrected chi connectivity index (χ4v) is 1.27. The quantitative estimate of drug-likeness (QED) is 0.751. The monoisotopic (exact) mass is 179 g/mol. The molecular formula is C10H17N3. The molecule has 3 heteroatoms. The number of hydrogen-bond donors (Lipinski definition) is 1. The van der Waals surface area contributed by atoms with E-state index in [0.29, 0.717) is 6.54 Å². The van der Waals surface area contributed by atoms with Crippen LogP contribution in [-0.2, 0) is 6.42 Å². The Balaban J connectivity index is 2.90. The van der Waals surface area contributed by atoms with E-state index in [1.54, 1.807) is 0 Å². The van der Waals surface area contributed by atoms with Gasteiger partial charge >= 0.3 is 0 Å². The molecule has 0 radical (unpaired) electrons. The molecule has 0 aliphatic carbocycles. The molecule has 0 saturated heterocycles. The second kappa shape index (κ2) is 4.82. The molecule has 72 valence electrons. The minimum Gasteiger partial charge on any atom is -0.360 e. The van der Waals surface area contributed by atoms with Gasteiger partial charge in [0.1, 0.15) is 5.82 Å². The molecule has 0 spiro atoms. The lowest BCUT2D eigenvalue weighted by Crippen LogP contribution is -2.19. The number of hydrogen-bond acceptors (Lipinski definition) is 3. The maximum atomic E-state index is 5.52. The van der Waals surface area contributed by atoms with Crippen LogP contribution in [0.25, 0.3) is 0 Å². The Morgan fingerprint density at radius 3 is 2.92 bits per heavy atom. The summed E-state index contributed by atoms with van der Waals surface area (Å²) in [4.78, 5) is 6.47. The van der Waals surface area contributed by atoms with Gasteiger partial charge in [0.2, 0.25) is 0 Å². The first-order valence-corrected chi connectivity index (χ1v) is 4.64. The maximum Gasteiger partial charge on any atom is 0.131 e. The summed E-state index contributed by atoms with van der Waals surface area (Å²) in [7, 11) is 2.04. The summed E-state index contributed by atoms with van der Waals surface area (Å²) < 4.78 is 0. The SMILES string of the molecule is CCN(C)c1ncccc1CCN. The zero-order valence-corrected chi connectivity index (χ0v) is 8.33. The number of rotatable bonds is 4. The Bertz CT molecular complexity index is 260. The predicted molar refractivity (Wildman–Crippen MR) is 55.9 cm³/mol. The molecule has 1 heterocycles. The van der Waals surface area contributed by atoms with Crippen molar-refractivity contribution in [2.75, 3.05) is 25.0 Å². The van der Waals surface area contributed by atoms with E-state index in [1.807, 2.05) is 19.3 Å². The van der Waals surface area contributed by atoms with Crippen LogP contribution in [0.2, 0.25) is 0 Å². The Hall–Kier alpha value is -1.09. The second-order valence-corrected chi connectivity index (χ2v) is 3.04. The summed E-state index contributed by atoms with van der Waals surface area (Å²) in [6.45, 7) is 3.76. The van der Waals surface area contributed by atoms with Crippen LogP contribution in [0, 0.1) is 0 Å². The van der Waals surface area contributed by atoms with E-state index in [9.17, 15) is 0 Å². The summed E-state index contributed by atoms with van der Waals surface area (Å²) in [5.74, 6) is 1.05. The predicted octanol–water partition coefficient (Wildman–Crippen LogP) is 1.04. The second-order valence-electron chi connectivity index (χ2n) is 3.04. The highest BCUT2D eigenvalue weighted by Gasteiger charge is 2.05. The molecule has 0 aliphatic rings. The van der Waals surface area contributed by atoms with Crippen LogP contribution < -0.4 is 10.6 Å². The molecule has 1 aromatic rings. The molecule has 2 N–H and O–H groups in total. The summed E-state index contributed by atoms with van der Waals surface area (Å²) >= 11 is 0. The Morgan fingerprint density at radius 2 is 2.31 bits per heavy atom. The molecule has 13 heavy (non-hydrogen) atoms. The van der Waals surface area contributed by atoms with Crippen LogP contribution >= 0.6 is 0 Å². The first kappa shape index (κ1) is 9.99. The largest absolute Gasteiger partial charge is 0.360 e. The number of aromatic nitrogens is 1. The van der Waals surface area contributed by atoms with E-state index < -0.39 is 0 Å². The zero-order valence-electron chi connectivity index (χ0n) is 8.33. The molecule has 0 fully saturated rings. The van der Waals surface area contributed by atoms with Gasteiger partial charge in [-0.25, -0.2) is 4.98 Å². The van der Waals surface area contributed by atoms with Crippen LogP contribution in [0.5, 0.6) is 0 Å².